The highest BCUT2D eigenvalue weighted by molar-refractivity contribution is 9.10. The van der Waals surface area contributed by atoms with Gasteiger partial charge in [0.05, 0.1) is 6.67 Å². The minimum Gasteiger partial charge on any atom is -0.489 e. The van der Waals surface area contributed by atoms with Crippen molar-refractivity contribution in [3.05, 3.63) is 63.7 Å². The van der Waals surface area contributed by atoms with Crippen LogP contribution >= 0.6 is 15.9 Å². The zero-order valence-electron chi connectivity index (χ0n) is 15.8. The van der Waals surface area contributed by atoms with Gasteiger partial charge in [0.2, 0.25) is 0 Å². The van der Waals surface area contributed by atoms with Gasteiger partial charge in [0.15, 0.2) is 0 Å². The first-order chi connectivity index (χ1) is 12.6. The molecular weight excluding hydrogens is 393 g/mol. The lowest BCUT2D eigenvalue weighted by atomic mass is 10.1. The normalized spacial score (nSPS) is 14.2. The average molecular weight is 422 g/mol. The molecule has 0 unspecified atom stereocenters. The Labute approximate surface area is 165 Å². The fourth-order valence-corrected chi connectivity index (χ4v) is 3.37. The van der Waals surface area contributed by atoms with Crippen molar-refractivity contribution in [3.8, 4) is 5.75 Å². The molecule has 1 aliphatic carbocycles. The highest BCUT2D eigenvalue weighted by Crippen LogP contribution is 2.26. The Morgan fingerprint density at radius 1 is 1.19 bits per heavy atom. The number of nitrogens with zero attached hydrogens (tertiary/aromatic N) is 1. The molecule has 0 amide bonds. The molecule has 0 aromatic heterocycles. The van der Waals surface area contributed by atoms with E-state index in [4.69, 9.17) is 4.74 Å². The number of halogens is 2. The molecule has 4 heteroatoms. The van der Waals surface area contributed by atoms with Crippen molar-refractivity contribution in [2.24, 2.45) is 0 Å². The van der Waals surface area contributed by atoms with Crippen LogP contribution in [0.25, 0.3) is 0 Å². The number of hydrogen-bond acceptors (Lipinski definition) is 2. The SMILES string of the molecule is CCCN(CCCF)Cc1cc(Br)ccc1OCC1=CCC=C(C)C=C1. The third-order valence-electron chi connectivity index (χ3n) is 4.34. The lowest BCUT2D eigenvalue weighted by Gasteiger charge is -2.23. The fourth-order valence-electron chi connectivity index (χ4n) is 2.96. The molecule has 142 valence electrons. The van der Waals surface area contributed by atoms with E-state index in [1.165, 1.54) is 11.1 Å². The van der Waals surface area contributed by atoms with Crippen LogP contribution in [0.3, 0.4) is 0 Å². The molecule has 0 saturated carbocycles. The van der Waals surface area contributed by atoms with Crippen molar-refractivity contribution >= 4 is 15.9 Å². The van der Waals surface area contributed by atoms with E-state index in [1.807, 2.05) is 12.1 Å². The van der Waals surface area contributed by atoms with Gasteiger partial charge in [-0.25, -0.2) is 0 Å². The van der Waals surface area contributed by atoms with E-state index in [1.54, 1.807) is 0 Å². The van der Waals surface area contributed by atoms with Crippen molar-refractivity contribution in [1.82, 2.24) is 4.90 Å². The Morgan fingerprint density at radius 3 is 2.81 bits per heavy atom. The van der Waals surface area contributed by atoms with Gasteiger partial charge in [-0.1, -0.05) is 52.7 Å². The van der Waals surface area contributed by atoms with Crippen LogP contribution in [-0.2, 0) is 6.54 Å². The summed E-state index contributed by atoms with van der Waals surface area (Å²) in [6.45, 7) is 7.07. The van der Waals surface area contributed by atoms with Gasteiger partial charge in [0, 0.05) is 23.1 Å². The number of rotatable bonds is 10. The largest absolute Gasteiger partial charge is 0.489 e. The fraction of sp³-hybridized carbons (Fsp3) is 0.455. The third-order valence-corrected chi connectivity index (χ3v) is 4.83. The molecule has 1 aromatic rings. The monoisotopic (exact) mass is 421 g/mol. The molecule has 0 radical (unpaired) electrons. The maximum absolute atomic E-state index is 12.6. The summed E-state index contributed by atoms with van der Waals surface area (Å²) in [5.41, 5.74) is 3.61. The molecule has 0 N–H and O–H groups in total. The summed E-state index contributed by atoms with van der Waals surface area (Å²) in [5.74, 6) is 0.901. The van der Waals surface area contributed by atoms with Crippen LogP contribution in [0.4, 0.5) is 4.39 Å². The predicted octanol–water partition coefficient (Wildman–Crippen LogP) is 6.23. The number of ether oxygens (including phenoxy) is 1. The highest BCUT2D eigenvalue weighted by Gasteiger charge is 2.11. The van der Waals surface area contributed by atoms with Gasteiger partial charge in [-0.15, -0.1) is 0 Å². The molecule has 0 fully saturated rings. The Kier molecular flexibility index (Phi) is 9.13. The van der Waals surface area contributed by atoms with Gasteiger partial charge in [-0.3, -0.25) is 9.29 Å². The molecule has 1 aliphatic rings. The summed E-state index contributed by atoms with van der Waals surface area (Å²) in [6, 6.07) is 6.13. The van der Waals surface area contributed by atoms with E-state index in [9.17, 15) is 4.39 Å². The number of alkyl halides is 1. The van der Waals surface area contributed by atoms with Gasteiger partial charge in [0.1, 0.15) is 12.4 Å². The summed E-state index contributed by atoms with van der Waals surface area (Å²) in [7, 11) is 0. The van der Waals surface area contributed by atoms with Crippen LogP contribution < -0.4 is 4.74 Å². The first kappa shape index (κ1) is 20.9. The molecule has 26 heavy (non-hydrogen) atoms. The second-order valence-electron chi connectivity index (χ2n) is 6.66. The Hall–Kier alpha value is -1.39. The Bertz CT molecular complexity index is 666. The molecule has 0 aliphatic heterocycles. The van der Waals surface area contributed by atoms with Crippen molar-refractivity contribution in [3.63, 3.8) is 0 Å². The number of allylic oxidation sites excluding steroid dienone is 4. The van der Waals surface area contributed by atoms with E-state index >= 15 is 0 Å². The highest BCUT2D eigenvalue weighted by atomic mass is 79.9. The van der Waals surface area contributed by atoms with Crippen LogP contribution in [0, 0.1) is 0 Å². The van der Waals surface area contributed by atoms with Gasteiger partial charge in [-0.2, -0.15) is 0 Å². The third kappa shape index (κ3) is 7.08. The van der Waals surface area contributed by atoms with Crippen LogP contribution in [-0.4, -0.2) is 31.3 Å². The van der Waals surface area contributed by atoms with Gasteiger partial charge >= 0.3 is 0 Å². The standard InChI is InChI=1S/C22H29BrFNO/c1-3-13-25(14-5-12-24)16-20-15-21(23)10-11-22(20)26-17-19-7-4-6-18(2)8-9-19/h6-11,15H,3-5,12-14,16-17H2,1-2H3. The summed E-state index contributed by atoms with van der Waals surface area (Å²) in [4.78, 5) is 2.30. The zero-order valence-corrected chi connectivity index (χ0v) is 17.4. The van der Waals surface area contributed by atoms with E-state index < -0.39 is 0 Å². The molecule has 0 bridgehead atoms. The average Bonchev–Trinajstić information content (AvgIpc) is 2.83. The van der Waals surface area contributed by atoms with E-state index in [-0.39, 0.29) is 6.67 Å². The lowest BCUT2D eigenvalue weighted by molar-refractivity contribution is 0.246. The first-order valence-corrected chi connectivity index (χ1v) is 10.1. The van der Waals surface area contributed by atoms with Crippen LogP contribution in [0.15, 0.2) is 58.1 Å². The van der Waals surface area contributed by atoms with Gasteiger partial charge < -0.3 is 4.74 Å². The summed E-state index contributed by atoms with van der Waals surface area (Å²) >= 11 is 3.56. The molecule has 0 heterocycles. The molecule has 0 saturated heterocycles. The molecule has 2 rings (SSSR count). The Balaban J connectivity index is 2.06. The summed E-state index contributed by atoms with van der Waals surface area (Å²) in [5, 5.41) is 0. The summed E-state index contributed by atoms with van der Waals surface area (Å²) < 4.78 is 19.8. The molecule has 0 atom stereocenters. The Morgan fingerprint density at radius 2 is 2.04 bits per heavy atom. The van der Waals surface area contributed by atoms with Gasteiger partial charge in [-0.05, 0) is 56.5 Å². The van der Waals surface area contributed by atoms with Crippen molar-refractivity contribution < 1.29 is 9.13 Å². The van der Waals surface area contributed by atoms with Crippen LogP contribution in [0.2, 0.25) is 0 Å². The number of benzene rings is 1. The quantitative estimate of drug-likeness (QED) is 0.443. The zero-order chi connectivity index (χ0) is 18.8. The maximum atomic E-state index is 12.6. The van der Waals surface area contributed by atoms with Crippen LogP contribution in [0.5, 0.6) is 5.75 Å². The van der Waals surface area contributed by atoms with Crippen molar-refractivity contribution in [2.75, 3.05) is 26.4 Å². The van der Waals surface area contributed by atoms with Crippen molar-refractivity contribution in [2.45, 2.75) is 39.7 Å². The molecule has 2 nitrogen and oxygen atoms in total. The first-order valence-electron chi connectivity index (χ1n) is 9.35. The molecular formula is C22H29BrFNO. The van der Waals surface area contributed by atoms with Crippen molar-refractivity contribution in [1.29, 1.82) is 0 Å². The smallest absolute Gasteiger partial charge is 0.124 e. The van der Waals surface area contributed by atoms with E-state index in [0.717, 1.165) is 48.3 Å². The minimum absolute atomic E-state index is 0.268. The van der Waals surface area contributed by atoms with E-state index in [0.29, 0.717) is 13.0 Å². The second kappa shape index (κ2) is 11.3. The minimum atomic E-state index is -0.268. The predicted molar refractivity (Wildman–Crippen MR) is 111 cm³/mol. The second-order valence-corrected chi connectivity index (χ2v) is 7.57. The topological polar surface area (TPSA) is 12.5 Å². The number of hydrogen-bond donors (Lipinski definition) is 0. The van der Waals surface area contributed by atoms with Gasteiger partial charge in [0.25, 0.3) is 0 Å². The van der Waals surface area contributed by atoms with Crippen LogP contribution in [0.1, 0.15) is 38.7 Å². The van der Waals surface area contributed by atoms with E-state index in [2.05, 4.69) is 65.0 Å². The molecule has 1 aromatic carbocycles. The lowest BCUT2D eigenvalue weighted by Crippen LogP contribution is -2.26. The summed E-state index contributed by atoms with van der Waals surface area (Å²) in [6.07, 6.45) is 11.2. The molecule has 0 spiro atoms. The maximum Gasteiger partial charge on any atom is 0.124 e.